The Morgan fingerprint density at radius 3 is 2.60 bits per heavy atom. The highest BCUT2D eigenvalue weighted by atomic mass is 16.3. The Balaban J connectivity index is 2.40. The van der Waals surface area contributed by atoms with Crippen LogP contribution in [0.5, 0.6) is 0 Å². The molecule has 0 fully saturated rings. The number of nitrogens with one attached hydrogen (secondary N) is 1. The van der Waals surface area contributed by atoms with Crippen LogP contribution >= 0.6 is 0 Å². The summed E-state index contributed by atoms with van der Waals surface area (Å²) in [6.07, 6.45) is 3.49. The van der Waals surface area contributed by atoms with Crippen molar-refractivity contribution in [2.24, 2.45) is 0 Å². The normalized spacial score (nSPS) is 12.7. The molecule has 78 valence electrons. The van der Waals surface area contributed by atoms with E-state index in [9.17, 15) is 0 Å². The minimum absolute atomic E-state index is 0.213. The molecule has 0 saturated heterocycles. The van der Waals surface area contributed by atoms with Crippen LogP contribution in [0.4, 0.5) is 0 Å². The number of hydrogen-bond donors (Lipinski definition) is 1. The van der Waals surface area contributed by atoms with Gasteiger partial charge < -0.3 is 9.73 Å². The van der Waals surface area contributed by atoms with E-state index in [2.05, 4.69) is 36.5 Å². The fraction of sp³-hybridized carbons (Fsp3) is 0.231. The first-order valence-electron chi connectivity index (χ1n) is 5.08. The van der Waals surface area contributed by atoms with Crippen molar-refractivity contribution in [3.8, 4) is 0 Å². The molecule has 2 aromatic rings. The molecule has 1 atom stereocenters. The van der Waals surface area contributed by atoms with Crippen molar-refractivity contribution in [1.82, 2.24) is 5.32 Å². The van der Waals surface area contributed by atoms with E-state index in [1.165, 1.54) is 11.1 Å². The topological polar surface area (TPSA) is 25.2 Å². The molecule has 2 heteroatoms. The summed E-state index contributed by atoms with van der Waals surface area (Å²) in [4.78, 5) is 0. The largest absolute Gasteiger partial charge is 0.472 e. The van der Waals surface area contributed by atoms with Gasteiger partial charge >= 0.3 is 0 Å². The number of aryl methyl sites for hydroxylation is 1. The lowest BCUT2D eigenvalue weighted by Crippen LogP contribution is -2.17. The van der Waals surface area contributed by atoms with Crippen molar-refractivity contribution in [2.45, 2.75) is 13.0 Å². The summed E-state index contributed by atoms with van der Waals surface area (Å²) in [6, 6.07) is 10.6. The summed E-state index contributed by atoms with van der Waals surface area (Å²) in [5.74, 6) is 0. The molecule has 0 saturated carbocycles. The van der Waals surface area contributed by atoms with E-state index in [-0.39, 0.29) is 6.04 Å². The summed E-state index contributed by atoms with van der Waals surface area (Å²) >= 11 is 0. The van der Waals surface area contributed by atoms with Crippen molar-refractivity contribution in [3.63, 3.8) is 0 Å². The summed E-state index contributed by atoms with van der Waals surface area (Å²) in [5.41, 5.74) is 3.74. The van der Waals surface area contributed by atoms with E-state index < -0.39 is 0 Å². The lowest BCUT2D eigenvalue weighted by atomic mass is 9.97. The quantitative estimate of drug-likeness (QED) is 0.826. The van der Waals surface area contributed by atoms with Gasteiger partial charge in [-0.1, -0.05) is 24.3 Å². The van der Waals surface area contributed by atoms with Gasteiger partial charge in [0.15, 0.2) is 0 Å². The van der Waals surface area contributed by atoms with Crippen molar-refractivity contribution in [3.05, 3.63) is 59.5 Å². The van der Waals surface area contributed by atoms with Crippen LogP contribution in [-0.2, 0) is 0 Å². The van der Waals surface area contributed by atoms with Gasteiger partial charge in [-0.25, -0.2) is 0 Å². The first-order valence-corrected chi connectivity index (χ1v) is 5.08. The van der Waals surface area contributed by atoms with Crippen LogP contribution in [-0.4, -0.2) is 7.05 Å². The molecule has 1 aromatic carbocycles. The van der Waals surface area contributed by atoms with Crippen LogP contribution in [0.1, 0.15) is 22.7 Å². The average Bonchev–Trinajstić information content (AvgIpc) is 2.75. The van der Waals surface area contributed by atoms with Gasteiger partial charge in [-0.3, -0.25) is 0 Å². The Morgan fingerprint density at radius 2 is 2.00 bits per heavy atom. The molecule has 0 spiro atoms. The van der Waals surface area contributed by atoms with Crippen LogP contribution in [0.3, 0.4) is 0 Å². The van der Waals surface area contributed by atoms with E-state index in [1.807, 2.05) is 13.1 Å². The smallest absolute Gasteiger partial charge is 0.0953 e. The second kappa shape index (κ2) is 4.32. The Bertz CT molecular complexity index is 420. The number of benzene rings is 1. The van der Waals surface area contributed by atoms with Gasteiger partial charge in [-0.15, -0.1) is 0 Å². The molecule has 0 bridgehead atoms. The predicted molar refractivity (Wildman–Crippen MR) is 60.8 cm³/mol. The van der Waals surface area contributed by atoms with Crippen molar-refractivity contribution >= 4 is 0 Å². The summed E-state index contributed by atoms with van der Waals surface area (Å²) in [7, 11) is 1.96. The molecule has 1 unspecified atom stereocenters. The van der Waals surface area contributed by atoms with Gasteiger partial charge in [0.05, 0.1) is 18.6 Å². The standard InChI is InChI=1S/C13H15NO/c1-10-5-3-4-6-12(10)13(14-2)11-7-8-15-9-11/h3-9,13-14H,1-2H3. The van der Waals surface area contributed by atoms with Gasteiger partial charge in [-0.2, -0.15) is 0 Å². The minimum atomic E-state index is 0.213. The second-order valence-electron chi connectivity index (χ2n) is 3.63. The van der Waals surface area contributed by atoms with Crippen LogP contribution in [0.25, 0.3) is 0 Å². The lowest BCUT2D eigenvalue weighted by Gasteiger charge is -2.17. The van der Waals surface area contributed by atoms with Gasteiger partial charge in [0.2, 0.25) is 0 Å². The monoisotopic (exact) mass is 201 g/mol. The highest BCUT2D eigenvalue weighted by Crippen LogP contribution is 2.24. The van der Waals surface area contributed by atoms with Crippen molar-refractivity contribution in [1.29, 1.82) is 0 Å². The first kappa shape index (κ1) is 9.99. The molecule has 15 heavy (non-hydrogen) atoms. The second-order valence-corrected chi connectivity index (χ2v) is 3.63. The van der Waals surface area contributed by atoms with E-state index >= 15 is 0 Å². The lowest BCUT2D eigenvalue weighted by molar-refractivity contribution is 0.557. The van der Waals surface area contributed by atoms with Gasteiger partial charge in [0.1, 0.15) is 0 Å². The predicted octanol–water partition coefficient (Wildman–Crippen LogP) is 2.90. The summed E-state index contributed by atoms with van der Waals surface area (Å²) < 4.78 is 5.12. The van der Waals surface area contributed by atoms with Gasteiger partial charge in [0, 0.05) is 5.56 Å². The molecule has 2 rings (SSSR count). The van der Waals surface area contributed by atoms with Crippen molar-refractivity contribution < 1.29 is 4.42 Å². The van der Waals surface area contributed by atoms with E-state index in [0.717, 1.165) is 5.56 Å². The molecule has 2 nitrogen and oxygen atoms in total. The average molecular weight is 201 g/mol. The highest BCUT2D eigenvalue weighted by Gasteiger charge is 2.14. The Morgan fingerprint density at radius 1 is 1.20 bits per heavy atom. The number of furan rings is 1. The zero-order valence-electron chi connectivity index (χ0n) is 9.03. The van der Waals surface area contributed by atoms with E-state index in [4.69, 9.17) is 4.42 Å². The Hall–Kier alpha value is -1.54. The third kappa shape index (κ3) is 1.95. The van der Waals surface area contributed by atoms with E-state index in [1.54, 1.807) is 12.5 Å². The SMILES string of the molecule is CNC(c1ccoc1)c1ccccc1C. The fourth-order valence-corrected chi connectivity index (χ4v) is 1.85. The molecule has 0 amide bonds. The van der Waals surface area contributed by atoms with Crippen LogP contribution in [0.2, 0.25) is 0 Å². The Kier molecular flexibility index (Phi) is 2.88. The molecule has 1 N–H and O–H groups in total. The summed E-state index contributed by atoms with van der Waals surface area (Å²) in [5, 5.41) is 3.30. The third-order valence-corrected chi connectivity index (χ3v) is 2.66. The number of rotatable bonds is 3. The van der Waals surface area contributed by atoms with Gasteiger partial charge in [0.25, 0.3) is 0 Å². The maximum atomic E-state index is 5.12. The third-order valence-electron chi connectivity index (χ3n) is 2.66. The molecule has 0 radical (unpaired) electrons. The van der Waals surface area contributed by atoms with Crippen LogP contribution < -0.4 is 5.32 Å². The molecule has 0 aliphatic heterocycles. The molecule has 1 aromatic heterocycles. The minimum Gasteiger partial charge on any atom is -0.472 e. The number of hydrogen-bond acceptors (Lipinski definition) is 2. The fourth-order valence-electron chi connectivity index (χ4n) is 1.85. The molecule has 1 heterocycles. The molecule has 0 aliphatic rings. The van der Waals surface area contributed by atoms with E-state index in [0.29, 0.717) is 0 Å². The summed E-state index contributed by atoms with van der Waals surface area (Å²) in [6.45, 7) is 2.12. The van der Waals surface area contributed by atoms with Crippen molar-refractivity contribution in [2.75, 3.05) is 7.05 Å². The first-order chi connectivity index (χ1) is 7.33. The molecule has 0 aliphatic carbocycles. The Labute approximate surface area is 89.9 Å². The van der Waals surface area contributed by atoms with Gasteiger partial charge in [-0.05, 0) is 31.2 Å². The molecular weight excluding hydrogens is 186 g/mol. The highest BCUT2D eigenvalue weighted by molar-refractivity contribution is 5.35. The maximum Gasteiger partial charge on any atom is 0.0953 e. The zero-order chi connectivity index (χ0) is 10.7. The van der Waals surface area contributed by atoms with Crippen LogP contribution in [0, 0.1) is 6.92 Å². The maximum absolute atomic E-state index is 5.12. The molecular formula is C13H15NO. The van der Waals surface area contributed by atoms with Crippen LogP contribution in [0.15, 0.2) is 47.3 Å². The zero-order valence-corrected chi connectivity index (χ0v) is 9.03.